The normalized spacial score (nSPS) is 15.7. The minimum Gasteiger partial charge on any atom is -0.387 e. The monoisotopic (exact) mass is 166 g/mol. The van der Waals surface area contributed by atoms with Gasteiger partial charge in [-0.25, -0.2) is 0 Å². The SMILES string of the molecule is Cc1ccc([C@H](O)[C@H](C)N)cn1. The molecule has 3 nitrogen and oxygen atoms in total. The molecule has 0 aliphatic heterocycles. The van der Waals surface area contributed by atoms with Gasteiger partial charge in [-0.1, -0.05) is 6.07 Å². The molecular formula is C9H14N2O. The van der Waals surface area contributed by atoms with Crippen LogP contribution in [0.4, 0.5) is 0 Å². The number of aliphatic hydroxyl groups is 1. The molecule has 0 fully saturated rings. The quantitative estimate of drug-likeness (QED) is 0.682. The maximum absolute atomic E-state index is 9.52. The summed E-state index contributed by atoms with van der Waals surface area (Å²) in [5.74, 6) is 0. The summed E-state index contributed by atoms with van der Waals surface area (Å²) in [6, 6.07) is 3.45. The van der Waals surface area contributed by atoms with Crippen molar-refractivity contribution in [3.63, 3.8) is 0 Å². The van der Waals surface area contributed by atoms with Crippen molar-refractivity contribution in [1.82, 2.24) is 4.98 Å². The molecular weight excluding hydrogens is 152 g/mol. The summed E-state index contributed by atoms with van der Waals surface area (Å²) in [4.78, 5) is 4.07. The fourth-order valence-corrected chi connectivity index (χ4v) is 0.958. The van der Waals surface area contributed by atoms with Gasteiger partial charge in [-0.15, -0.1) is 0 Å². The van der Waals surface area contributed by atoms with E-state index in [4.69, 9.17) is 5.73 Å². The Labute approximate surface area is 72.2 Å². The van der Waals surface area contributed by atoms with Crippen LogP contribution >= 0.6 is 0 Å². The topological polar surface area (TPSA) is 59.1 Å². The van der Waals surface area contributed by atoms with E-state index < -0.39 is 6.10 Å². The summed E-state index contributed by atoms with van der Waals surface area (Å²) in [6.45, 7) is 3.67. The molecule has 12 heavy (non-hydrogen) atoms. The number of pyridine rings is 1. The number of nitrogens with zero attached hydrogens (tertiary/aromatic N) is 1. The molecule has 0 bridgehead atoms. The van der Waals surface area contributed by atoms with Gasteiger partial charge in [-0.05, 0) is 19.9 Å². The van der Waals surface area contributed by atoms with E-state index in [0.717, 1.165) is 11.3 Å². The van der Waals surface area contributed by atoms with E-state index in [9.17, 15) is 5.11 Å². The molecule has 0 aliphatic carbocycles. The van der Waals surface area contributed by atoms with Gasteiger partial charge in [0.15, 0.2) is 0 Å². The van der Waals surface area contributed by atoms with Gasteiger partial charge < -0.3 is 10.8 Å². The van der Waals surface area contributed by atoms with Crippen LogP contribution in [0.3, 0.4) is 0 Å². The molecule has 0 aromatic carbocycles. The summed E-state index contributed by atoms with van der Waals surface area (Å²) < 4.78 is 0. The Bertz CT molecular complexity index is 243. The van der Waals surface area contributed by atoms with E-state index in [1.165, 1.54) is 0 Å². The predicted molar refractivity (Wildman–Crippen MR) is 47.6 cm³/mol. The van der Waals surface area contributed by atoms with Crippen molar-refractivity contribution in [2.24, 2.45) is 5.73 Å². The Hall–Kier alpha value is -0.930. The molecule has 1 aromatic rings. The van der Waals surface area contributed by atoms with Crippen molar-refractivity contribution in [1.29, 1.82) is 0 Å². The largest absolute Gasteiger partial charge is 0.387 e. The number of nitrogens with two attached hydrogens (primary N) is 1. The first-order valence-corrected chi connectivity index (χ1v) is 3.97. The van der Waals surface area contributed by atoms with Crippen LogP contribution in [0, 0.1) is 6.92 Å². The third-order valence-electron chi connectivity index (χ3n) is 1.77. The lowest BCUT2D eigenvalue weighted by atomic mass is 10.1. The zero-order chi connectivity index (χ0) is 9.14. The molecule has 0 saturated carbocycles. The van der Waals surface area contributed by atoms with Gasteiger partial charge in [0.25, 0.3) is 0 Å². The van der Waals surface area contributed by atoms with Crippen molar-refractivity contribution in [2.45, 2.75) is 26.0 Å². The van der Waals surface area contributed by atoms with Gasteiger partial charge in [0.1, 0.15) is 0 Å². The Morgan fingerprint density at radius 1 is 1.50 bits per heavy atom. The Morgan fingerprint density at radius 2 is 2.17 bits per heavy atom. The first kappa shape index (κ1) is 9.16. The van der Waals surface area contributed by atoms with E-state index in [2.05, 4.69) is 4.98 Å². The van der Waals surface area contributed by atoms with E-state index in [1.807, 2.05) is 19.1 Å². The summed E-state index contributed by atoms with van der Waals surface area (Å²) in [5.41, 5.74) is 7.24. The maximum atomic E-state index is 9.52. The van der Waals surface area contributed by atoms with Crippen molar-refractivity contribution >= 4 is 0 Å². The number of rotatable bonds is 2. The molecule has 1 aromatic heterocycles. The highest BCUT2D eigenvalue weighted by molar-refractivity contribution is 5.16. The molecule has 0 amide bonds. The third kappa shape index (κ3) is 2.03. The molecule has 0 aliphatic rings. The lowest BCUT2D eigenvalue weighted by molar-refractivity contribution is 0.153. The molecule has 0 radical (unpaired) electrons. The van der Waals surface area contributed by atoms with E-state index in [1.54, 1.807) is 13.1 Å². The van der Waals surface area contributed by atoms with Crippen LogP contribution in [0.2, 0.25) is 0 Å². The number of aryl methyl sites for hydroxylation is 1. The summed E-state index contributed by atoms with van der Waals surface area (Å²) in [6.07, 6.45) is 1.04. The highest BCUT2D eigenvalue weighted by Crippen LogP contribution is 2.13. The molecule has 3 heteroatoms. The van der Waals surface area contributed by atoms with E-state index in [-0.39, 0.29) is 6.04 Å². The lowest BCUT2D eigenvalue weighted by Crippen LogP contribution is -2.24. The van der Waals surface area contributed by atoms with Crippen molar-refractivity contribution < 1.29 is 5.11 Å². The minimum atomic E-state index is -0.613. The molecule has 3 N–H and O–H groups in total. The van der Waals surface area contributed by atoms with Crippen LogP contribution in [0.15, 0.2) is 18.3 Å². The first-order chi connectivity index (χ1) is 5.61. The first-order valence-electron chi connectivity index (χ1n) is 3.97. The lowest BCUT2D eigenvalue weighted by Gasteiger charge is -2.13. The van der Waals surface area contributed by atoms with Gasteiger partial charge in [0.2, 0.25) is 0 Å². The molecule has 0 unspecified atom stereocenters. The van der Waals surface area contributed by atoms with Gasteiger partial charge >= 0.3 is 0 Å². The molecule has 1 rings (SSSR count). The zero-order valence-corrected chi connectivity index (χ0v) is 7.36. The van der Waals surface area contributed by atoms with E-state index >= 15 is 0 Å². The zero-order valence-electron chi connectivity index (χ0n) is 7.36. The van der Waals surface area contributed by atoms with Crippen LogP contribution in [0.1, 0.15) is 24.3 Å². The van der Waals surface area contributed by atoms with Crippen LogP contribution < -0.4 is 5.73 Å². The van der Waals surface area contributed by atoms with Crippen LogP contribution in [-0.2, 0) is 0 Å². The van der Waals surface area contributed by atoms with Gasteiger partial charge in [-0.2, -0.15) is 0 Å². The average molecular weight is 166 g/mol. The highest BCUT2D eigenvalue weighted by atomic mass is 16.3. The second-order valence-electron chi connectivity index (χ2n) is 3.04. The Balaban J connectivity index is 2.82. The summed E-state index contributed by atoms with van der Waals surface area (Å²) >= 11 is 0. The number of hydrogen-bond donors (Lipinski definition) is 2. The average Bonchev–Trinajstić information content (AvgIpc) is 2.04. The standard InChI is InChI=1S/C9H14N2O/c1-6-3-4-8(5-11-6)9(12)7(2)10/h3-5,7,9,12H,10H2,1-2H3/t7-,9+/m0/s1. The molecule has 2 atom stereocenters. The Morgan fingerprint density at radius 3 is 2.58 bits per heavy atom. The van der Waals surface area contributed by atoms with Gasteiger partial charge in [0.05, 0.1) is 6.10 Å². The van der Waals surface area contributed by atoms with Gasteiger partial charge in [0, 0.05) is 23.5 Å². The highest BCUT2D eigenvalue weighted by Gasteiger charge is 2.11. The summed E-state index contributed by atoms with van der Waals surface area (Å²) in [5, 5.41) is 9.52. The predicted octanol–water partition coefficient (Wildman–Crippen LogP) is 0.771. The number of aromatic nitrogens is 1. The summed E-state index contributed by atoms with van der Waals surface area (Å²) in [7, 11) is 0. The maximum Gasteiger partial charge on any atom is 0.0952 e. The second kappa shape index (κ2) is 3.65. The van der Waals surface area contributed by atoms with E-state index in [0.29, 0.717) is 0 Å². The molecule has 66 valence electrons. The van der Waals surface area contributed by atoms with Gasteiger partial charge in [-0.3, -0.25) is 4.98 Å². The van der Waals surface area contributed by atoms with Crippen LogP contribution in [0.25, 0.3) is 0 Å². The van der Waals surface area contributed by atoms with Crippen LogP contribution in [-0.4, -0.2) is 16.1 Å². The van der Waals surface area contributed by atoms with Crippen LogP contribution in [0.5, 0.6) is 0 Å². The molecule has 0 spiro atoms. The van der Waals surface area contributed by atoms with Crippen molar-refractivity contribution in [3.8, 4) is 0 Å². The second-order valence-corrected chi connectivity index (χ2v) is 3.04. The fraction of sp³-hybridized carbons (Fsp3) is 0.444. The molecule has 0 saturated heterocycles. The van der Waals surface area contributed by atoms with Crippen molar-refractivity contribution in [3.05, 3.63) is 29.6 Å². The number of hydrogen-bond acceptors (Lipinski definition) is 3. The minimum absolute atomic E-state index is 0.255. The molecule has 1 heterocycles. The smallest absolute Gasteiger partial charge is 0.0952 e. The van der Waals surface area contributed by atoms with Crippen molar-refractivity contribution in [2.75, 3.05) is 0 Å². The number of aliphatic hydroxyl groups excluding tert-OH is 1. The third-order valence-corrected chi connectivity index (χ3v) is 1.77. The Kier molecular flexibility index (Phi) is 2.78. The fourth-order valence-electron chi connectivity index (χ4n) is 0.958.